The molecular formula is C17H14N2O3. The fraction of sp³-hybridized carbons (Fsp3) is 0.118. The third-order valence-corrected chi connectivity index (χ3v) is 3.48. The lowest BCUT2D eigenvalue weighted by molar-refractivity contribution is 0.0979. The lowest BCUT2D eigenvalue weighted by Crippen LogP contribution is -2.17. The average molecular weight is 294 g/mol. The number of Topliss-reactive ketones (excluding diaryl/α,β-unsaturated/α-hetero) is 1. The molecule has 0 atom stereocenters. The third-order valence-electron chi connectivity index (χ3n) is 3.48. The van der Waals surface area contributed by atoms with E-state index in [0.717, 1.165) is 5.56 Å². The van der Waals surface area contributed by atoms with E-state index in [1.165, 1.54) is 0 Å². The van der Waals surface area contributed by atoms with E-state index in [-0.39, 0.29) is 23.6 Å². The highest BCUT2D eigenvalue weighted by Crippen LogP contribution is 2.16. The third kappa shape index (κ3) is 2.88. The van der Waals surface area contributed by atoms with Crippen molar-refractivity contribution in [1.82, 2.24) is 9.97 Å². The van der Waals surface area contributed by atoms with Crippen molar-refractivity contribution in [3.8, 4) is 5.75 Å². The van der Waals surface area contributed by atoms with Crippen molar-refractivity contribution in [2.24, 2.45) is 0 Å². The Bertz CT molecular complexity index is 882. The fourth-order valence-corrected chi connectivity index (χ4v) is 2.35. The molecule has 3 aromatic rings. The summed E-state index contributed by atoms with van der Waals surface area (Å²) in [6, 6.07) is 13.8. The van der Waals surface area contributed by atoms with Gasteiger partial charge in [0.2, 0.25) is 0 Å². The van der Waals surface area contributed by atoms with Gasteiger partial charge >= 0.3 is 5.69 Å². The molecule has 0 aliphatic rings. The first-order valence-corrected chi connectivity index (χ1v) is 6.93. The maximum absolute atomic E-state index is 12.4. The Morgan fingerprint density at radius 3 is 2.59 bits per heavy atom. The maximum atomic E-state index is 12.4. The minimum atomic E-state index is -0.522. The van der Waals surface area contributed by atoms with Crippen LogP contribution in [0, 0.1) is 0 Å². The van der Waals surface area contributed by atoms with Crippen LogP contribution in [0.25, 0.3) is 10.9 Å². The monoisotopic (exact) mass is 294 g/mol. The molecule has 3 rings (SSSR count). The number of H-pyrrole nitrogens is 1. The minimum Gasteiger partial charge on any atom is -0.508 e. The highest BCUT2D eigenvalue weighted by Gasteiger charge is 2.13. The van der Waals surface area contributed by atoms with Crippen LogP contribution in [0.4, 0.5) is 0 Å². The second-order valence-electron chi connectivity index (χ2n) is 5.03. The quantitative estimate of drug-likeness (QED) is 0.724. The summed E-state index contributed by atoms with van der Waals surface area (Å²) in [4.78, 5) is 30.4. The molecular weight excluding hydrogens is 280 g/mol. The number of aryl methyl sites for hydroxylation is 1. The van der Waals surface area contributed by atoms with Crippen molar-refractivity contribution in [3.63, 3.8) is 0 Å². The molecule has 0 aliphatic heterocycles. The number of carbonyl (C=O) groups is 1. The number of phenols is 1. The molecule has 0 amide bonds. The molecule has 0 radical (unpaired) electrons. The van der Waals surface area contributed by atoms with Gasteiger partial charge < -0.3 is 10.1 Å². The highest BCUT2D eigenvalue weighted by molar-refractivity contribution is 6.05. The van der Waals surface area contributed by atoms with E-state index >= 15 is 0 Å². The summed E-state index contributed by atoms with van der Waals surface area (Å²) in [5.74, 6) is 0.0210. The Kier molecular flexibility index (Phi) is 3.70. The molecule has 1 heterocycles. The normalized spacial score (nSPS) is 10.7. The highest BCUT2D eigenvalue weighted by atomic mass is 16.3. The lowest BCUT2D eigenvalue weighted by Gasteiger charge is -2.05. The molecule has 5 heteroatoms. The van der Waals surface area contributed by atoms with Gasteiger partial charge in [0, 0.05) is 11.8 Å². The molecule has 22 heavy (non-hydrogen) atoms. The number of nitrogens with one attached hydrogen (secondary N) is 1. The number of benzene rings is 2. The SMILES string of the molecule is O=C(CCc1ccc(O)cc1)c1nc(=O)[nH]c2ccccc12. The number of aromatic hydroxyl groups is 1. The van der Waals surface area contributed by atoms with Gasteiger partial charge in [-0.3, -0.25) is 4.79 Å². The van der Waals surface area contributed by atoms with Crippen molar-refractivity contribution in [3.05, 3.63) is 70.3 Å². The van der Waals surface area contributed by atoms with Crippen LogP contribution < -0.4 is 5.69 Å². The molecule has 0 aliphatic carbocycles. The Labute approximate surface area is 126 Å². The van der Waals surface area contributed by atoms with Crippen LogP contribution in [0.2, 0.25) is 0 Å². The van der Waals surface area contributed by atoms with E-state index in [4.69, 9.17) is 0 Å². The minimum absolute atomic E-state index is 0.171. The van der Waals surface area contributed by atoms with E-state index in [9.17, 15) is 14.7 Å². The van der Waals surface area contributed by atoms with Crippen LogP contribution in [-0.2, 0) is 6.42 Å². The summed E-state index contributed by atoms with van der Waals surface area (Å²) in [5.41, 5.74) is 1.24. The first kappa shape index (κ1) is 14.0. The molecule has 0 spiro atoms. The number of rotatable bonds is 4. The van der Waals surface area contributed by atoms with Gasteiger partial charge in [-0.1, -0.05) is 30.3 Å². The van der Waals surface area contributed by atoms with Crippen LogP contribution in [-0.4, -0.2) is 20.9 Å². The number of phenolic OH excluding ortho intramolecular Hbond substituents is 1. The number of aromatic amines is 1. The van der Waals surface area contributed by atoms with Crippen LogP contribution in [0.5, 0.6) is 5.75 Å². The predicted octanol–water partition coefficient (Wildman–Crippen LogP) is 2.44. The van der Waals surface area contributed by atoms with Crippen molar-refractivity contribution in [2.45, 2.75) is 12.8 Å². The van der Waals surface area contributed by atoms with E-state index in [1.54, 1.807) is 48.5 Å². The van der Waals surface area contributed by atoms with Gasteiger partial charge in [0.05, 0.1) is 5.52 Å². The van der Waals surface area contributed by atoms with Gasteiger partial charge in [0.15, 0.2) is 5.78 Å². The average Bonchev–Trinajstić information content (AvgIpc) is 2.53. The van der Waals surface area contributed by atoms with Crippen molar-refractivity contribution >= 4 is 16.7 Å². The molecule has 2 aromatic carbocycles. The van der Waals surface area contributed by atoms with Gasteiger partial charge in [-0.05, 0) is 30.2 Å². The zero-order chi connectivity index (χ0) is 15.5. The second kappa shape index (κ2) is 5.81. The predicted molar refractivity (Wildman–Crippen MR) is 83.1 cm³/mol. The molecule has 2 N–H and O–H groups in total. The molecule has 1 aromatic heterocycles. The zero-order valence-corrected chi connectivity index (χ0v) is 11.7. The molecule has 0 fully saturated rings. The number of para-hydroxylation sites is 1. The van der Waals surface area contributed by atoms with Crippen molar-refractivity contribution in [2.75, 3.05) is 0 Å². The first-order chi connectivity index (χ1) is 10.6. The Hall–Kier alpha value is -2.95. The van der Waals surface area contributed by atoms with Crippen LogP contribution >= 0.6 is 0 Å². The number of carbonyl (C=O) groups excluding carboxylic acids is 1. The molecule has 110 valence electrons. The van der Waals surface area contributed by atoms with Crippen LogP contribution in [0.15, 0.2) is 53.3 Å². The van der Waals surface area contributed by atoms with E-state index in [2.05, 4.69) is 9.97 Å². The van der Waals surface area contributed by atoms with Crippen LogP contribution in [0.3, 0.4) is 0 Å². The molecule has 0 unspecified atom stereocenters. The first-order valence-electron chi connectivity index (χ1n) is 6.93. The number of fused-ring (bicyclic) bond motifs is 1. The molecule has 5 nitrogen and oxygen atoms in total. The summed E-state index contributed by atoms with van der Waals surface area (Å²) in [7, 11) is 0. The Morgan fingerprint density at radius 2 is 1.82 bits per heavy atom. The van der Waals surface area contributed by atoms with E-state index in [0.29, 0.717) is 17.3 Å². The second-order valence-corrected chi connectivity index (χ2v) is 5.03. The largest absolute Gasteiger partial charge is 0.508 e. The van der Waals surface area contributed by atoms with E-state index < -0.39 is 5.69 Å². The lowest BCUT2D eigenvalue weighted by atomic mass is 10.0. The Balaban J connectivity index is 1.86. The van der Waals surface area contributed by atoms with Gasteiger partial charge in [-0.2, -0.15) is 4.98 Å². The summed E-state index contributed by atoms with van der Waals surface area (Å²) in [5, 5.41) is 9.90. The summed E-state index contributed by atoms with van der Waals surface area (Å²) in [6.07, 6.45) is 0.785. The van der Waals surface area contributed by atoms with E-state index in [1.807, 2.05) is 0 Å². The smallest absolute Gasteiger partial charge is 0.346 e. The van der Waals surface area contributed by atoms with Crippen molar-refractivity contribution < 1.29 is 9.90 Å². The maximum Gasteiger partial charge on any atom is 0.346 e. The molecule has 0 saturated carbocycles. The van der Waals surface area contributed by atoms with Crippen LogP contribution in [0.1, 0.15) is 22.5 Å². The summed E-state index contributed by atoms with van der Waals surface area (Å²) < 4.78 is 0. The number of ketones is 1. The topological polar surface area (TPSA) is 83.0 Å². The number of hydrogen-bond acceptors (Lipinski definition) is 4. The summed E-state index contributed by atoms with van der Waals surface area (Å²) >= 11 is 0. The molecule has 0 bridgehead atoms. The zero-order valence-electron chi connectivity index (χ0n) is 11.7. The number of aromatic nitrogens is 2. The van der Waals surface area contributed by atoms with Gasteiger partial charge in [0.25, 0.3) is 0 Å². The standard InChI is InChI=1S/C17H14N2O3/c20-12-8-5-11(6-9-12)7-10-15(21)16-13-3-1-2-4-14(13)18-17(22)19-16/h1-6,8-9,20H,7,10H2,(H,18,19,22). The summed E-state index contributed by atoms with van der Waals surface area (Å²) in [6.45, 7) is 0. The van der Waals surface area contributed by atoms with Gasteiger partial charge in [-0.25, -0.2) is 4.79 Å². The van der Waals surface area contributed by atoms with Crippen molar-refractivity contribution in [1.29, 1.82) is 0 Å². The van der Waals surface area contributed by atoms with Gasteiger partial charge in [-0.15, -0.1) is 0 Å². The van der Waals surface area contributed by atoms with Gasteiger partial charge in [0.1, 0.15) is 11.4 Å². The fourth-order valence-electron chi connectivity index (χ4n) is 2.35. The molecule has 0 saturated heterocycles. The Morgan fingerprint density at radius 1 is 1.09 bits per heavy atom. The number of hydrogen-bond donors (Lipinski definition) is 2. The number of nitrogens with zero attached hydrogens (tertiary/aromatic N) is 1.